The Kier molecular flexibility index (Phi) is 3.78. The number of alkyl halides is 1. The van der Waals surface area contributed by atoms with Crippen LogP contribution in [0.25, 0.3) is 0 Å². The summed E-state index contributed by atoms with van der Waals surface area (Å²) in [4.78, 5) is 11.9. The lowest BCUT2D eigenvalue weighted by Crippen LogP contribution is -2.55. The highest BCUT2D eigenvalue weighted by atomic mass is 35.5. The van der Waals surface area contributed by atoms with E-state index in [4.69, 9.17) is 23.2 Å². The average Bonchev–Trinajstić information content (AvgIpc) is 2.28. The van der Waals surface area contributed by atoms with Crippen molar-refractivity contribution in [1.29, 1.82) is 0 Å². The molecule has 2 nitrogen and oxygen atoms in total. The maximum Gasteiger partial charge on any atom is 0.254 e. The molecule has 0 radical (unpaired) electrons. The van der Waals surface area contributed by atoms with Crippen LogP contribution in [0.15, 0.2) is 12.1 Å². The van der Waals surface area contributed by atoms with Crippen LogP contribution >= 0.6 is 23.2 Å². The van der Waals surface area contributed by atoms with Gasteiger partial charge in [-0.25, -0.2) is 8.78 Å². The number of amides is 1. The van der Waals surface area contributed by atoms with Crippen LogP contribution in [-0.2, 0) is 0 Å². The van der Waals surface area contributed by atoms with Crippen molar-refractivity contribution in [2.75, 3.05) is 5.88 Å². The molecule has 98 valence electrons. The lowest BCUT2D eigenvalue weighted by Gasteiger charge is -2.41. The molecule has 1 saturated carbocycles. The van der Waals surface area contributed by atoms with Gasteiger partial charge in [-0.1, -0.05) is 11.6 Å². The highest BCUT2D eigenvalue weighted by Gasteiger charge is 2.38. The van der Waals surface area contributed by atoms with Crippen LogP contribution in [0.5, 0.6) is 0 Å². The number of hydrogen-bond donors (Lipinski definition) is 1. The summed E-state index contributed by atoms with van der Waals surface area (Å²) in [5.74, 6) is -2.07. The maximum absolute atomic E-state index is 13.5. The molecular weight excluding hydrogens is 283 g/mol. The lowest BCUT2D eigenvalue weighted by atomic mass is 9.78. The molecule has 0 bridgehead atoms. The number of benzene rings is 1. The summed E-state index contributed by atoms with van der Waals surface area (Å²) >= 11 is 11.2. The molecule has 0 unspecified atom stereocenters. The van der Waals surface area contributed by atoms with Crippen LogP contribution in [-0.4, -0.2) is 17.3 Å². The quantitative estimate of drug-likeness (QED) is 0.671. The summed E-state index contributed by atoms with van der Waals surface area (Å²) in [6.07, 6.45) is 2.46. The predicted octanol–water partition coefficient (Wildman–Crippen LogP) is 3.51. The van der Waals surface area contributed by atoms with E-state index < -0.39 is 23.1 Å². The third kappa shape index (κ3) is 2.45. The van der Waals surface area contributed by atoms with Gasteiger partial charge >= 0.3 is 0 Å². The van der Waals surface area contributed by atoms with E-state index in [0.29, 0.717) is 0 Å². The molecule has 2 rings (SSSR count). The zero-order valence-electron chi connectivity index (χ0n) is 9.40. The third-order valence-corrected chi connectivity index (χ3v) is 4.00. The molecule has 1 aliphatic carbocycles. The molecule has 1 aliphatic rings. The number of halogens is 4. The Morgan fingerprint density at radius 3 is 2.50 bits per heavy atom. The molecule has 1 N–H and O–H groups in total. The van der Waals surface area contributed by atoms with Gasteiger partial charge in [0.05, 0.1) is 16.1 Å². The average molecular weight is 294 g/mol. The molecule has 0 atom stereocenters. The Labute approximate surface area is 113 Å². The van der Waals surface area contributed by atoms with Gasteiger partial charge in [0.15, 0.2) is 0 Å². The maximum atomic E-state index is 13.5. The summed E-state index contributed by atoms with van der Waals surface area (Å²) in [5, 5.41) is 2.32. The minimum absolute atomic E-state index is 0.260. The Morgan fingerprint density at radius 2 is 2.00 bits per heavy atom. The molecule has 0 saturated heterocycles. The highest BCUT2D eigenvalue weighted by Crippen LogP contribution is 2.33. The van der Waals surface area contributed by atoms with Gasteiger partial charge in [0.2, 0.25) is 0 Å². The first-order valence-corrected chi connectivity index (χ1v) is 6.42. The second-order valence-corrected chi connectivity index (χ2v) is 5.14. The largest absolute Gasteiger partial charge is 0.345 e. The predicted molar refractivity (Wildman–Crippen MR) is 66.1 cm³/mol. The smallest absolute Gasteiger partial charge is 0.254 e. The number of nitrogens with one attached hydrogen (secondary N) is 1. The number of carbonyl (C=O) groups is 1. The van der Waals surface area contributed by atoms with Gasteiger partial charge in [-0.05, 0) is 31.4 Å². The summed E-state index contributed by atoms with van der Waals surface area (Å²) in [5.41, 5.74) is -0.838. The van der Waals surface area contributed by atoms with E-state index in [1.54, 1.807) is 0 Å². The summed E-state index contributed by atoms with van der Waals surface area (Å²) in [6.45, 7) is 0. The molecule has 0 aliphatic heterocycles. The minimum atomic E-state index is -0.844. The monoisotopic (exact) mass is 293 g/mol. The van der Waals surface area contributed by atoms with Crippen LogP contribution in [0.3, 0.4) is 0 Å². The lowest BCUT2D eigenvalue weighted by molar-refractivity contribution is 0.0849. The van der Waals surface area contributed by atoms with Gasteiger partial charge in [-0.2, -0.15) is 0 Å². The van der Waals surface area contributed by atoms with E-state index in [0.717, 1.165) is 31.4 Å². The second-order valence-electron chi connectivity index (χ2n) is 4.47. The van der Waals surface area contributed by atoms with E-state index in [2.05, 4.69) is 5.32 Å². The molecule has 0 aromatic heterocycles. The minimum Gasteiger partial charge on any atom is -0.345 e. The van der Waals surface area contributed by atoms with Crippen molar-refractivity contribution in [3.63, 3.8) is 0 Å². The van der Waals surface area contributed by atoms with Crippen molar-refractivity contribution in [2.45, 2.75) is 24.8 Å². The normalized spacial score (nSPS) is 17.1. The fourth-order valence-electron chi connectivity index (χ4n) is 1.90. The first-order chi connectivity index (χ1) is 8.47. The van der Waals surface area contributed by atoms with Crippen LogP contribution < -0.4 is 5.32 Å². The molecule has 0 spiro atoms. The topological polar surface area (TPSA) is 29.1 Å². The van der Waals surface area contributed by atoms with Crippen LogP contribution in [0.1, 0.15) is 29.6 Å². The molecule has 0 heterocycles. The van der Waals surface area contributed by atoms with E-state index >= 15 is 0 Å². The third-order valence-electron chi connectivity index (χ3n) is 3.20. The van der Waals surface area contributed by atoms with Gasteiger partial charge in [0, 0.05) is 5.88 Å². The summed E-state index contributed by atoms with van der Waals surface area (Å²) < 4.78 is 26.8. The van der Waals surface area contributed by atoms with Crippen molar-refractivity contribution in [1.82, 2.24) is 5.32 Å². The molecule has 1 aromatic rings. The van der Waals surface area contributed by atoms with Crippen molar-refractivity contribution in [2.24, 2.45) is 0 Å². The van der Waals surface area contributed by atoms with E-state index in [-0.39, 0.29) is 16.5 Å². The van der Waals surface area contributed by atoms with Crippen LogP contribution in [0.2, 0.25) is 5.02 Å². The van der Waals surface area contributed by atoms with E-state index in [1.807, 2.05) is 0 Å². The Bertz CT molecular complexity index is 484. The van der Waals surface area contributed by atoms with E-state index in [1.165, 1.54) is 0 Å². The molecule has 6 heteroatoms. The number of carbonyl (C=O) groups excluding carboxylic acids is 1. The first kappa shape index (κ1) is 13.6. The summed E-state index contributed by atoms with van der Waals surface area (Å²) in [6, 6.07) is 1.59. The molecule has 18 heavy (non-hydrogen) atoms. The first-order valence-electron chi connectivity index (χ1n) is 5.50. The van der Waals surface area contributed by atoms with Crippen molar-refractivity contribution < 1.29 is 13.6 Å². The molecule has 1 aromatic carbocycles. The van der Waals surface area contributed by atoms with Crippen molar-refractivity contribution in [3.8, 4) is 0 Å². The molecule has 1 fully saturated rings. The zero-order valence-corrected chi connectivity index (χ0v) is 10.9. The van der Waals surface area contributed by atoms with E-state index in [9.17, 15) is 13.6 Å². The second kappa shape index (κ2) is 5.02. The van der Waals surface area contributed by atoms with Gasteiger partial charge in [0.1, 0.15) is 11.6 Å². The fraction of sp³-hybridized carbons (Fsp3) is 0.417. The van der Waals surface area contributed by atoms with Crippen LogP contribution in [0, 0.1) is 11.6 Å². The number of rotatable bonds is 3. The molecule has 1 amide bonds. The number of hydrogen-bond acceptors (Lipinski definition) is 1. The Hall–Kier alpha value is -0.870. The summed E-state index contributed by atoms with van der Waals surface area (Å²) in [7, 11) is 0. The Morgan fingerprint density at radius 1 is 1.33 bits per heavy atom. The van der Waals surface area contributed by atoms with Gasteiger partial charge in [-0.15, -0.1) is 11.6 Å². The van der Waals surface area contributed by atoms with Gasteiger partial charge in [0.25, 0.3) is 5.91 Å². The molecular formula is C12H11Cl2F2NO. The SMILES string of the molecule is O=C(NC1(CCl)CCC1)c1cc(F)c(Cl)cc1F. The zero-order chi connectivity index (χ0) is 13.3. The fourth-order valence-corrected chi connectivity index (χ4v) is 2.38. The van der Waals surface area contributed by atoms with Gasteiger partial charge in [-0.3, -0.25) is 4.79 Å². The van der Waals surface area contributed by atoms with Gasteiger partial charge < -0.3 is 5.32 Å². The van der Waals surface area contributed by atoms with Crippen molar-refractivity contribution in [3.05, 3.63) is 34.4 Å². The Balaban J connectivity index is 2.21. The highest BCUT2D eigenvalue weighted by molar-refractivity contribution is 6.30. The van der Waals surface area contributed by atoms with Crippen LogP contribution in [0.4, 0.5) is 8.78 Å². The van der Waals surface area contributed by atoms with Crippen molar-refractivity contribution >= 4 is 29.1 Å². The standard InChI is InChI=1S/C12H11Cl2F2NO/c13-6-12(2-1-3-12)17-11(18)7-4-10(16)8(14)5-9(7)15/h4-5H,1-3,6H2,(H,17,18).